The molecule has 0 radical (unpaired) electrons. The first-order chi connectivity index (χ1) is 17.0. The van der Waals surface area contributed by atoms with Crippen LogP contribution in [-0.4, -0.2) is 33.9 Å². The molecular formula is C23H25N5O6S2. The Hall–Kier alpha value is -3.94. The first-order valence-electron chi connectivity index (χ1n) is 10.5. The van der Waals surface area contributed by atoms with Gasteiger partial charge in [0.15, 0.2) is 0 Å². The number of hydrazone groups is 1. The van der Waals surface area contributed by atoms with Crippen LogP contribution >= 0.6 is 0 Å². The highest BCUT2D eigenvalue weighted by molar-refractivity contribution is 7.92. The second kappa shape index (κ2) is 11.2. The van der Waals surface area contributed by atoms with E-state index in [-0.39, 0.29) is 21.9 Å². The SMILES string of the molecule is NC(N)=NN(c1cccc(C(CC(=O)O)NS(=O)(=O)Cc2ccccc2)c1)S(=O)(=O)c1ccccc1. The van der Waals surface area contributed by atoms with Gasteiger partial charge >= 0.3 is 5.97 Å². The highest BCUT2D eigenvalue weighted by Crippen LogP contribution is 2.28. The Morgan fingerprint density at radius 3 is 2.11 bits per heavy atom. The summed E-state index contributed by atoms with van der Waals surface area (Å²) in [5.41, 5.74) is 11.6. The molecule has 13 heteroatoms. The smallest absolute Gasteiger partial charge is 0.305 e. The number of hydrogen-bond acceptors (Lipinski definition) is 6. The van der Waals surface area contributed by atoms with Crippen molar-refractivity contribution in [1.29, 1.82) is 0 Å². The minimum atomic E-state index is -4.26. The lowest BCUT2D eigenvalue weighted by atomic mass is 10.0. The summed E-state index contributed by atoms with van der Waals surface area (Å²) in [4.78, 5) is 11.4. The van der Waals surface area contributed by atoms with Gasteiger partial charge in [0.1, 0.15) is 0 Å². The quantitative estimate of drug-likeness (QED) is 0.164. The Morgan fingerprint density at radius 1 is 0.917 bits per heavy atom. The number of carboxylic acid groups (broad SMARTS) is 1. The van der Waals surface area contributed by atoms with E-state index in [2.05, 4.69) is 9.82 Å². The van der Waals surface area contributed by atoms with Crippen molar-refractivity contribution in [3.63, 3.8) is 0 Å². The molecule has 0 aliphatic carbocycles. The summed E-state index contributed by atoms with van der Waals surface area (Å²) < 4.78 is 55.2. The van der Waals surface area contributed by atoms with E-state index in [1.807, 2.05) is 0 Å². The van der Waals surface area contributed by atoms with E-state index in [0.29, 0.717) is 9.98 Å². The van der Waals surface area contributed by atoms with E-state index in [4.69, 9.17) is 11.5 Å². The van der Waals surface area contributed by atoms with Crippen LogP contribution in [0.3, 0.4) is 0 Å². The maximum Gasteiger partial charge on any atom is 0.305 e. The molecular weight excluding hydrogens is 506 g/mol. The van der Waals surface area contributed by atoms with E-state index in [1.54, 1.807) is 36.4 Å². The molecule has 0 bridgehead atoms. The molecule has 0 aromatic heterocycles. The summed E-state index contributed by atoms with van der Waals surface area (Å²) in [6.07, 6.45) is -0.592. The van der Waals surface area contributed by atoms with Crippen molar-refractivity contribution in [3.05, 3.63) is 96.1 Å². The number of rotatable bonds is 11. The molecule has 0 aliphatic heterocycles. The summed E-state index contributed by atoms with van der Waals surface area (Å²) in [7, 11) is -8.22. The number of guanidine groups is 1. The fourth-order valence-electron chi connectivity index (χ4n) is 3.36. The van der Waals surface area contributed by atoms with E-state index in [9.17, 15) is 26.7 Å². The summed E-state index contributed by atoms with van der Waals surface area (Å²) >= 11 is 0. The molecule has 6 N–H and O–H groups in total. The van der Waals surface area contributed by atoms with Crippen molar-refractivity contribution in [2.45, 2.75) is 23.1 Å². The number of carbonyl (C=O) groups is 1. The average molecular weight is 532 g/mol. The lowest BCUT2D eigenvalue weighted by Gasteiger charge is -2.22. The van der Waals surface area contributed by atoms with Gasteiger partial charge in [0.05, 0.1) is 28.8 Å². The fourth-order valence-corrected chi connectivity index (χ4v) is 6.02. The van der Waals surface area contributed by atoms with Gasteiger partial charge in [0.2, 0.25) is 16.0 Å². The van der Waals surface area contributed by atoms with Crippen LogP contribution in [0.15, 0.2) is 94.9 Å². The first kappa shape index (κ1) is 26.7. The lowest BCUT2D eigenvalue weighted by molar-refractivity contribution is -0.137. The third-order valence-electron chi connectivity index (χ3n) is 4.87. The van der Waals surface area contributed by atoms with Crippen molar-refractivity contribution in [2.75, 3.05) is 4.41 Å². The summed E-state index contributed by atoms with van der Waals surface area (Å²) in [6, 6.07) is 20.2. The molecule has 0 aliphatic rings. The number of nitrogens with one attached hydrogen (secondary N) is 1. The molecule has 3 aromatic rings. The Labute approximate surface area is 209 Å². The number of nitrogens with zero attached hydrogens (tertiary/aromatic N) is 2. The van der Waals surface area contributed by atoms with Crippen molar-refractivity contribution in [2.24, 2.45) is 16.6 Å². The summed E-state index contributed by atoms with van der Waals surface area (Å²) in [5.74, 6) is -2.16. The van der Waals surface area contributed by atoms with E-state index >= 15 is 0 Å². The van der Waals surface area contributed by atoms with Crippen LogP contribution < -0.4 is 20.6 Å². The Balaban J connectivity index is 2.01. The number of carboxylic acids is 1. The molecule has 0 amide bonds. The van der Waals surface area contributed by atoms with Crippen LogP contribution in [0, 0.1) is 0 Å². The number of nitrogens with two attached hydrogens (primary N) is 2. The highest BCUT2D eigenvalue weighted by atomic mass is 32.2. The molecule has 0 spiro atoms. The number of benzene rings is 3. The number of anilines is 1. The standard InChI is InChI=1S/C23H25N5O6S2/c24-23(25)26-28(36(33,34)20-12-5-2-6-13-20)19-11-7-10-18(14-19)21(15-22(29)30)27-35(31,32)16-17-8-3-1-4-9-17/h1-14,21,27H,15-16H2,(H,29,30)(H4,24,25,26). The minimum Gasteiger partial charge on any atom is -0.481 e. The van der Waals surface area contributed by atoms with Gasteiger partial charge in [-0.05, 0) is 35.4 Å². The topological polar surface area (TPSA) is 185 Å². The maximum atomic E-state index is 13.3. The third kappa shape index (κ3) is 7.04. The van der Waals surface area contributed by atoms with E-state index in [1.165, 1.54) is 48.5 Å². The highest BCUT2D eigenvalue weighted by Gasteiger charge is 2.28. The lowest BCUT2D eigenvalue weighted by Crippen LogP contribution is -2.33. The predicted molar refractivity (Wildman–Crippen MR) is 136 cm³/mol. The zero-order valence-electron chi connectivity index (χ0n) is 18.9. The van der Waals surface area contributed by atoms with Crippen LogP contribution in [0.2, 0.25) is 0 Å². The monoisotopic (exact) mass is 531 g/mol. The molecule has 3 aromatic carbocycles. The van der Waals surface area contributed by atoms with Gasteiger partial charge in [0.25, 0.3) is 10.0 Å². The predicted octanol–water partition coefficient (Wildman–Crippen LogP) is 1.71. The van der Waals surface area contributed by atoms with Crippen molar-refractivity contribution in [3.8, 4) is 0 Å². The molecule has 36 heavy (non-hydrogen) atoms. The van der Waals surface area contributed by atoms with Crippen LogP contribution in [-0.2, 0) is 30.6 Å². The van der Waals surface area contributed by atoms with E-state index in [0.717, 1.165) is 0 Å². The molecule has 190 valence electrons. The zero-order valence-corrected chi connectivity index (χ0v) is 20.6. The minimum absolute atomic E-state index is 0.0256. The fraction of sp³-hybridized carbons (Fsp3) is 0.130. The van der Waals surface area contributed by atoms with Crippen molar-refractivity contribution < 1.29 is 26.7 Å². The van der Waals surface area contributed by atoms with E-state index < -0.39 is 44.4 Å². The van der Waals surface area contributed by atoms with Gasteiger partial charge in [0, 0.05) is 0 Å². The van der Waals surface area contributed by atoms with Gasteiger partial charge in [-0.3, -0.25) is 4.79 Å². The van der Waals surface area contributed by atoms with Gasteiger partial charge in [-0.1, -0.05) is 60.7 Å². The third-order valence-corrected chi connectivity index (χ3v) is 7.84. The molecule has 0 saturated heterocycles. The number of hydrogen-bond donors (Lipinski definition) is 4. The summed E-state index contributed by atoms with van der Waals surface area (Å²) in [5, 5.41) is 13.2. The number of aliphatic carboxylic acids is 1. The zero-order chi connectivity index (χ0) is 26.3. The number of sulfonamides is 2. The first-order valence-corrected chi connectivity index (χ1v) is 13.6. The normalized spacial score (nSPS) is 12.4. The second-order valence-corrected chi connectivity index (χ2v) is 11.2. The molecule has 11 nitrogen and oxygen atoms in total. The van der Waals surface area contributed by atoms with Crippen LogP contribution in [0.25, 0.3) is 0 Å². The maximum absolute atomic E-state index is 13.3. The molecule has 1 unspecified atom stereocenters. The largest absolute Gasteiger partial charge is 0.481 e. The second-order valence-electron chi connectivity index (χ2n) is 7.69. The molecule has 3 rings (SSSR count). The Morgan fingerprint density at radius 2 is 1.53 bits per heavy atom. The van der Waals surface area contributed by atoms with Crippen LogP contribution in [0.4, 0.5) is 5.69 Å². The molecule has 1 atom stereocenters. The molecule has 0 heterocycles. The molecule has 0 saturated carbocycles. The Bertz CT molecular complexity index is 1440. The van der Waals surface area contributed by atoms with Crippen molar-refractivity contribution in [1.82, 2.24) is 4.72 Å². The van der Waals surface area contributed by atoms with Crippen LogP contribution in [0.1, 0.15) is 23.6 Å². The van der Waals surface area contributed by atoms with Gasteiger partial charge in [-0.25, -0.2) is 13.1 Å². The average Bonchev–Trinajstić information content (AvgIpc) is 2.82. The van der Waals surface area contributed by atoms with Crippen molar-refractivity contribution >= 4 is 37.7 Å². The van der Waals surface area contributed by atoms with Gasteiger partial charge < -0.3 is 16.6 Å². The molecule has 0 fully saturated rings. The Kier molecular flexibility index (Phi) is 8.29. The van der Waals surface area contributed by atoms with Gasteiger partial charge in [-0.2, -0.15) is 12.8 Å². The summed E-state index contributed by atoms with van der Waals surface area (Å²) in [6.45, 7) is 0. The van der Waals surface area contributed by atoms with Gasteiger partial charge in [-0.15, -0.1) is 5.10 Å². The van der Waals surface area contributed by atoms with Crippen LogP contribution in [0.5, 0.6) is 0 Å².